The molecule has 19 heavy (non-hydrogen) atoms. The zero-order chi connectivity index (χ0) is 13.5. The summed E-state index contributed by atoms with van der Waals surface area (Å²) in [6, 6.07) is 2.00. The molecule has 3 rings (SSSR count). The van der Waals surface area contributed by atoms with Crippen LogP contribution in [0.3, 0.4) is 0 Å². The van der Waals surface area contributed by atoms with E-state index in [0.717, 1.165) is 17.7 Å². The fraction of sp³-hybridized carbons (Fsp3) is 0.643. The fourth-order valence-electron chi connectivity index (χ4n) is 2.76. The Morgan fingerprint density at radius 1 is 1.63 bits per heavy atom. The maximum Gasteiger partial charge on any atom is 0.261 e. The molecule has 0 bridgehead atoms. The van der Waals surface area contributed by atoms with Gasteiger partial charge in [0.25, 0.3) is 5.91 Å². The Morgan fingerprint density at radius 2 is 2.47 bits per heavy atom. The quantitative estimate of drug-likeness (QED) is 0.883. The zero-order valence-electron chi connectivity index (χ0n) is 11.1. The second-order valence-corrected chi connectivity index (χ2v) is 6.60. The summed E-state index contributed by atoms with van der Waals surface area (Å²) in [6.07, 6.45) is 3.75. The Morgan fingerprint density at radius 3 is 3.16 bits per heavy atom. The van der Waals surface area contributed by atoms with Gasteiger partial charge in [-0.3, -0.25) is 4.79 Å². The highest BCUT2D eigenvalue weighted by Crippen LogP contribution is 2.31. The summed E-state index contributed by atoms with van der Waals surface area (Å²) in [6.45, 7) is 2.66. The van der Waals surface area contributed by atoms with E-state index in [0.29, 0.717) is 13.0 Å². The van der Waals surface area contributed by atoms with Crippen molar-refractivity contribution in [2.24, 2.45) is 0 Å². The molecule has 4 nitrogen and oxygen atoms in total. The van der Waals surface area contributed by atoms with E-state index in [1.165, 1.54) is 16.9 Å². The molecule has 0 radical (unpaired) electrons. The number of hydrogen-bond acceptors (Lipinski definition) is 4. The van der Waals surface area contributed by atoms with Gasteiger partial charge in [-0.15, -0.1) is 11.3 Å². The molecule has 0 aromatic carbocycles. The number of nitrogens with one attached hydrogen (secondary N) is 1. The first kappa shape index (κ1) is 13.1. The predicted octanol–water partition coefficient (Wildman–Crippen LogP) is 1.51. The molecule has 2 aliphatic rings. The van der Waals surface area contributed by atoms with E-state index in [1.54, 1.807) is 11.3 Å². The number of amides is 1. The van der Waals surface area contributed by atoms with E-state index >= 15 is 0 Å². The van der Waals surface area contributed by atoms with Gasteiger partial charge in [0.2, 0.25) is 0 Å². The topological polar surface area (TPSA) is 58.6 Å². The molecule has 1 amide bonds. The van der Waals surface area contributed by atoms with Gasteiger partial charge in [-0.25, -0.2) is 0 Å². The van der Waals surface area contributed by atoms with E-state index in [-0.39, 0.29) is 18.6 Å². The van der Waals surface area contributed by atoms with Crippen molar-refractivity contribution in [3.8, 4) is 0 Å². The van der Waals surface area contributed by atoms with Gasteiger partial charge >= 0.3 is 0 Å². The maximum absolute atomic E-state index is 12.1. The van der Waals surface area contributed by atoms with Crippen LogP contribution in [0.25, 0.3) is 0 Å². The lowest BCUT2D eigenvalue weighted by atomic mass is 9.97. The number of carbonyl (C=O) groups excluding carboxylic acids is 1. The van der Waals surface area contributed by atoms with Crippen molar-refractivity contribution in [1.29, 1.82) is 0 Å². The molecule has 0 spiro atoms. The summed E-state index contributed by atoms with van der Waals surface area (Å²) in [5.41, 5.74) is 0.404. The van der Waals surface area contributed by atoms with Gasteiger partial charge in [-0.1, -0.05) is 0 Å². The van der Waals surface area contributed by atoms with Gasteiger partial charge in [-0.2, -0.15) is 0 Å². The molecule has 2 N–H and O–H groups in total. The third kappa shape index (κ3) is 2.42. The third-order valence-corrected chi connectivity index (χ3v) is 5.42. The minimum Gasteiger partial charge on any atom is -0.385 e. The van der Waals surface area contributed by atoms with Crippen molar-refractivity contribution in [2.75, 3.05) is 13.2 Å². The predicted molar refractivity (Wildman–Crippen MR) is 73.7 cm³/mol. The van der Waals surface area contributed by atoms with Gasteiger partial charge in [-0.05, 0) is 37.8 Å². The lowest BCUT2D eigenvalue weighted by Crippen LogP contribution is -2.47. The third-order valence-electron chi connectivity index (χ3n) is 4.18. The van der Waals surface area contributed by atoms with Crippen LogP contribution < -0.4 is 5.32 Å². The maximum atomic E-state index is 12.1. The Labute approximate surface area is 116 Å². The molecule has 2 atom stereocenters. The van der Waals surface area contributed by atoms with Crippen molar-refractivity contribution < 1.29 is 14.6 Å². The molecule has 1 aliphatic heterocycles. The number of aryl methyl sites for hydroxylation is 2. The van der Waals surface area contributed by atoms with E-state index in [9.17, 15) is 9.90 Å². The number of rotatable bonds is 3. The molecule has 1 fully saturated rings. The summed E-state index contributed by atoms with van der Waals surface area (Å²) >= 11 is 1.59. The number of carbonyl (C=O) groups is 1. The zero-order valence-corrected chi connectivity index (χ0v) is 11.9. The molecular formula is C14H19NO3S. The van der Waals surface area contributed by atoms with Crippen LogP contribution in [-0.2, 0) is 17.6 Å². The number of fused-ring (bicyclic) bond motifs is 1. The van der Waals surface area contributed by atoms with Crippen LogP contribution in [0.1, 0.15) is 39.9 Å². The average molecular weight is 281 g/mol. The molecular weight excluding hydrogens is 262 g/mol. The van der Waals surface area contributed by atoms with Crippen molar-refractivity contribution in [1.82, 2.24) is 5.32 Å². The van der Waals surface area contributed by atoms with Crippen molar-refractivity contribution in [2.45, 2.75) is 44.3 Å². The standard InChI is InChI=1S/C14H19NO3S/c1-9-14(17,5-6-18-9)8-15-13(16)12-7-10-3-2-4-11(10)19-12/h7,9,17H,2-6,8H2,1H3,(H,15,16). The van der Waals surface area contributed by atoms with Gasteiger partial charge in [0.1, 0.15) is 5.60 Å². The number of aliphatic hydroxyl groups is 1. The lowest BCUT2D eigenvalue weighted by molar-refractivity contribution is -0.0251. The van der Waals surface area contributed by atoms with Gasteiger partial charge in [0, 0.05) is 24.4 Å². The van der Waals surface area contributed by atoms with Crippen LogP contribution in [-0.4, -0.2) is 35.9 Å². The summed E-state index contributed by atoms with van der Waals surface area (Å²) in [5, 5.41) is 13.2. The van der Waals surface area contributed by atoms with E-state index in [2.05, 4.69) is 5.32 Å². The molecule has 2 unspecified atom stereocenters. The first-order valence-electron chi connectivity index (χ1n) is 6.82. The minimum absolute atomic E-state index is 0.0769. The second-order valence-electron chi connectivity index (χ2n) is 5.46. The smallest absolute Gasteiger partial charge is 0.261 e. The molecule has 2 heterocycles. The Kier molecular flexibility index (Phi) is 3.37. The average Bonchev–Trinajstić information content (AvgIpc) is 3.02. The fourth-order valence-corrected chi connectivity index (χ4v) is 3.93. The summed E-state index contributed by atoms with van der Waals surface area (Å²) in [7, 11) is 0. The molecule has 5 heteroatoms. The highest BCUT2D eigenvalue weighted by molar-refractivity contribution is 7.14. The van der Waals surface area contributed by atoms with E-state index in [1.807, 2.05) is 13.0 Å². The second kappa shape index (κ2) is 4.89. The van der Waals surface area contributed by atoms with Crippen molar-refractivity contribution in [3.63, 3.8) is 0 Å². The Balaban J connectivity index is 1.62. The normalized spacial score (nSPS) is 29.5. The van der Waals surface area contributed by atoms with Crippen LogP contribution >= 0.6 is 11.3 Å². The summed E-state index contributed by atoms with van der Waals surface area (Å²) < 4.78 is 5.36. The Hall–Kier alpha value is -0.910. The number of thiophene rings is 1. The largest absolute Gasteiger partial charge is 0.385 e. The monoisotopic (exact) mass is 281 g/mol. The number of hydrogen-bond donors (Lipinski definition) is 2. The SMILES string of the molecule is CC1OCCC1(O)CNC(=O)c1cc2c(s1)CCC2. The van der Waals surface area contributed by atoms with Crippen molar-refractivity contribution in [3.05, 3.63) is 21.4 Å². The molecule has 1 aliphatic carbocycles. The summed E-state index contributed by atoms with van der Waals surface area (Å²) in [5.74, 6) is -0.0769. The van der Waals surface area contributed by atoms with Gasteiger partial charge < -0.3 is 15.2 Å². The van der Waals surface area contributed by atoms with Gasteiger partial charge in [0.15, 0.2) is 0 Å². The highest BCUT2D eigenvalue weighted by atomic mass is 32.1. The molecule has 1 aromatic heterocycles. The Bertz CT molecular complexity index is 477. The molecule has 1 saturated heterocycles. The molecule has 1 aromatic rings. The van der Waals surface area contributed by atoms with Crippen LogP contribution in [0.4, 0.5) is 0 Å². The molecule has 0 saturated carbocycles. The highest BCUT2D eigenvalue weighted by Gasteiger charge is 2.39. The first-order chi connectivity index (χ1) is 9.08. The number of ether oxygens (including phenoxy) is 1. The van der Waals surface area contributed by atoms with Crippen LogP contribution in [0.5, 0.6) is 0 Å². The first-order valence-corrected chi connectivity index (χ1v) is 7.64. The van der Waals surface area contributed by atoms with Crippen LogP contribution in [0.2, 0.25) is 0 Å². The lowest BCUT2D eigenvalue weighted by Gasteiger charge is -2.25. The minimum atomic E-state index is -0.921. The van der Waals surface area contributed by atoms with Gasteiger partial charge in [0.05, 0.1) is 11.0 Å². The molecule has 104 valence electrons. The van der Waals surface area contributed by atoms with Crippen molar-refractivity contribution >= 4 is 17.2 Å². The summed E-state index contributed by atoms with van der Waals surface area (Å²) in [4.78, 5) is 14.2. The van der Waals surface area contributed by atoms with Crippen LogP contribution in [0, 0.1) is 0 Å². The van der Waals surface area contributed by atoms with E-state index in [4.69, 9.17) is 4.74 Å². The van der Waals surface area contributed by atoms with E-state index < -0.39 is 5.60 Å². The van der Waals surface area contributed by atoms with Crippen LogP contribution in [0.15, 0.2) is 6.07 Å².